The van der Waals surface area contributed by atoms with Crippen LogP contribution in [0.4, 0.5) is 5.82 Å². The van der Waals surface area contributed by atoms with Gasteiger partial charge in [0.05, 0.1) is 14.2 Å². The number of nitrogens with zero attached hydrogens (tertiary/aromatic N) is 3. The van der Waals surface area contributed by atoms with Gasteiger partial charge in [0.15, 0.2) is 11.5 Å². The highest BCUT2D eigenvalue weighted by molar-refractivity contribution is 5.76. The van der Waals surface area contributed by atoms with E-state index in [0.29, 0.717) is 22.8 Å². The van der Waals surface area contributed by atoms with Gasteiger partial charge < -0.3 is 9.47 Å². The number of pyridine rings is 1. The Morgan fingerprint density at radius 1 is 1.09 bits per heavy atom. The van der Waals surface area contributed by atoms with E-state index in [4.69, 9.17) is 9.47 Å². The predicted molar refractivity (Wildman–Crippen MR) is 83.9 cm³/mol. The molecule has 22 heavy (non-hydrogen) atoms. The number of aromatic nitrogens is 2. The van der Waals surface area contributed by atoms with Crippen LogP contribution in [0.2, 0.25) is 0 Å². The molecular formula is C16H15N3O3. The first kappa shape index (κ1) is 14.1. The molecule has 0 radical (unpaired) electrons. The van der Waals surface area contributed by atoms with Gasteiger partial charge in [0.25, 0.3) is 0 Å². The second-order valence-corrected chi connectivity index (χ2v) is 4.81. The molecule has 3 aromatic rings. The van der Waals surface area contributed by atoms with Gasteiger partial charge in [-0.3, -0.25) is 4.40 Å². The van der Waals surface area contributed by atoms with E-state index in [1.165, 1.54) is 0 Å². The van der Waals surface area contributed by atoms with Crippen LogP contribution in [0.15, 0.2) is 41.6 Å². The number of nitroso groups, excluding NO2 is 1. The molecule has 1 aromatic carbocycles. The van der Waals surface area contributed by atoms with E-state index in [9.17, 15) is 4.91 Å². The summed E-state index contributed by atoms with van der Waals surface area (Å²) in [5, 5.41) is 3.17. The lowest BCUT2D eigenvalue weighted by Crippen LogP contribution is -1.91. The number of aryl methyl sites for hydroxylation is 1. The van der Waals surface area contributed by atoms with Crippen LogP contribution in [0.3, 0.4) is 0 Å². The molecule has 0 bridgehead atoms. The summed E-state index contributed by atoms with van der Waals surface area (Å²) >= 11 is 0. The maximum Gasteiger partial charge on any atom is 0.209 e. The van der Waals surface area contributed by atoms with Gasteiger partial charge >= 0.3 is 0 Å². The summed E-state index contributed by atoms with van der Waals surface area (Å²) in [5.74, 6) is 1.47. The summed E-state index contributed by atoms with van der Waals surface area (Å²) in [6, 6.07) is 11.0. The number of rotatable bonds is 4. The Hall–Kier alpha value is -2.89. The smallest absolute Gasteiger partial charge is 0.209 e. The standard InChI is InChI=1S/C16H15N3O3/c1-10-5-4-6-14-17-15(16(18-20)19(10)14)11-7-8-12(21-2)13(9-11)22-3/h4-9H,1-3H3. The lowest BCUT2D eigenvalue weighted by Gasteiger charge is -2.08. The summed E-state index contributed by atoms with van der Waals surface area (Å²) in [6.45, 7) is 1.90. The Morgan fingerprint density at radius 2 is 1.86 bits per heavy atom. The summed E-state index contributed by atoms with van der Waals surface area (Å²) in [4.78, 5) is 15.9. The van der Waals surface area contributed by atoms with E-state index < -0.39 is 0 Å². The maximum atomic E-state index is 11.3. The molecule has 3 rings (SSSR count). The van der Waals surface area contributed by atoms with Crippen LogP contribution >= 0.6 is 0 Å². The van der Waals surface area contributed by atoms with Crippen LogP contribution in [-0.2, 0) is 0 Å². The quantitative estimate of drug-likeness (QED) is 0.688. The normalized spacial score (nSPS) is 10.7. The highest BCUT2D eigenvalue weighted by Crippen LogP contribution is 2.36. The van der Waals surface area contributed by atoms with E-state index in [2.05, 4.69) is 10.2 Å². The number of fused-ring (bicyclic) bond motifs is 1. The molecule has 0 saturated carbocycles. The van der Waals surface area contributed by atoms with Crippen LogP contribution in [0.1, 0.15) is 5.69 Å². The molecule has 6 nitrogen and oxygen atoms in total. The van der Waals surface area contributed by atoms with Gasteiger partial charge in [-0.2, -0.15) is 0 Å². The fraction of sp³-hybridized carbons (Fsp3) is 0.188. The first-order valence-electron chi connectivity index (χ1n) is 6.73. The minimum atomic E-state index is 0.278. The average molecular weight is 297 g/mol. The van der Waals surface area contributed by atoms with E-state index in [1.54, 1.807) is 30.8 Å². The largest absolute Gasteiger partial charge is 0.493 e. The highest BCUT2D eigenvalue weighted by Gasteiger charge is 2.17. The Labute approximate surface area is 127 Å². The Bertz CT molecular complexity index is 855. The van der Waals surface area contributed by atoms with Crippen molar-refractivity contribution in [3.05, 3.63) is 47.0 Å². The van der Waals surface area contributed by atoms with Crippen LogP contribution in [0.25, 0.3) is 16.9 Å². The molecule has 0 saturated heterocycles. The Kier molecular flexibility index (Phi) is 3.50. The second-order valence-electron chi connectivity index (χ2n) is 4.81. The zero-order valence-corrected chi connectivity index (χ0v) is 12.5. The highest BCUT2D eigenvalue weighted by atomic mass is 16.5. The molecule has 6 heteroatoms. The van der Waals surface area contributed by atoms with Gasteiger partial charge in [0.1, 0.15) is 11.3 Å². The number of benzene rings is 1. The molecule has 0 unspecified atom stereocenters. The van der Waals surface area contributed by atoms with Crippen molar-refractivity contribution in [1.29, 1.82) is 0 Å². The molecule has 0 aliphatic carbocycles. The Balaban J connectivity index is 2.26. The van der Waals surface area contributed by atoms with Gasteiger partial charge in [-0.05, 0) is 42.4 Å². The van der Waals surface area contributed by atoms with Crippen molar-refractivity contribution in [2.45, 2.75) is 6.92 Å². The molecule has 2 heterocycles. The topological polar surface area (TPSA) is 65.2 Å². The Morgan fingerprint density at radius 3 is 2.55 bits per heavy atom. The lowest BCUT2D eigenvalue weighted by molar-refractivity contribution is 0.355. The van der Waals surface area contributed by atoms with E-state index in [-0.39, 0.29) is 5.82 Å². The third kappa shape index (κ3) is 2.09. The van der Waals surface area contributed by atoms with E-state index in [0.717, 1.165) is 11.3 Å². The molecule has 0 spiro atoms. The minimum absolute atomic E-state index is 0.278. The number of hydrogen-bond acceptors (Lipinski definition) is 5. The first-order chi connectivity index (χ1) is 10.7. The van der Waals surface area contributed by atoms with Gasteiger partial charge in [-0.1, -0.05) is 6.07 Å². The summed E-state index contributed by atoms with van der Waals surface area (Å²) in [7, 11) is 3.14. The van der Waals surface area contributed by atoms with Gasteiger partial charge in [-0.15, -0.1) is 4.91 Å². The second kappa shape index (κ2) is 5.48. The molecule has 0 atom stereocenters. The van der Waals surface area contributed by atoms with Crippen molar-refractivity contribution in [2.75, 3.05) is 14.2 Å². The van der Waals surface area contributed by atoms with Crippen molar-refractivity contribution in [3.63, 3.8) is 0 Å². The number of ether oxygens (including phenoxy) is 2. The van der Waals surface area contributed by atoms with Gasteiger partial charge in [0.2, 0.25) is 5.82 Å². The molecule has 2 aromatic heterocycles. The number of hydrogen-bond donors (Lipinski definition) is 0. The van der Waals surface area contributed by atoms with Crippen LogP contribution in [0, 0.1) is 11.8 Å². The van der Waals surface area contributed by atoms with Crippen LogP contribution in [0.5, 0.6) is 11.5 Å². The molecule has 0 aliphatic heterocycles. The monoisotopic (exact) mass is 297 g/mol. The maximum absolute atomic E-state index is 11.3. The summed E-state index contributed by atoms with van der Waals surface area (Å²) in [5.41, 5.74) is 2.84. The predicted octanol–water partition coefficient (Wildman–Crippen LogP) is 3.72. The molecular weight excluding hydrogens is 282 g/mol. The zero-order valence-electron chi connectivity index (χ0n) is 12.5. The van der Waals surface area contributed by atoms with Crippen molar-refractivity contribution in [1.82, 2.24) is 9.38 Å². The van der Waals surface area contributed by atoms with E-state index in [1.807, 2.05) is 31.2 Å². The first-order valence-corrected chi connectivity index (χ1v) is 6.73. The fourth-order valence-corrected chi connectivity index (χ4v) is 2.50. The van der Waals surface area contributed by atoms with Crippen molar-refractivity contribution in [3.8, 4) is 22.8 Å². The van der Waals surface area contributed by atoms with Crippen molar-refractivity contribution < 1.29 is 9.47 Å². The van der Waals surface area contributed by atoms with E-state index >= 15 is 0 Å². The molecule has 0 N–H and O–H groups in total. The molecule has 112 valence electrons. The van der Waals surface area contributed by atoms with Crippen LogP contribution in [-0.4, -0.2) is 23.6 Å². The number of imidazole rings is 1. The third-order valence-electron chi connectivity index (χ3n) is 3.56. The van der Waals surface area contributed by atoms with Gasteiger partial charge in [-0.25, -0.2) is 4.98 Å². The summed E-state index contributed by atoms with van der Waals surface area (Å²) in [6.07, 6.45) is 0. The molecule has 0 fully saturated rings. The van der Waals surface area contributed by atoms with Crippen molar-refractivity contribution in [2.24, 2.45) is 5.18 Å². The number of methoxy groups -OCH3 is 2. The minimum Gasteiger partial charge on any atom is -0.493 e. The third-order valence-corrected chi connectivity index (χ3v) is 3.56. The lowest BCUT2D eigenvalue weighted by atomic mass is 10.1. The summed E-state index contributed by atoms with van der Waals surface area (Å²) < 4.78 is 12.3. The van der Waals surface area contributed by atoms with Crippen LogP contribution < -0.4 is 9.47 Å². The SMILES string of the molecule is COc1ccc(-c2nc3cccc(C)n3c2N=O)cc1OC. The fourth-order valence-electron chi connectivity index (χ4n) is 2.50. The van der Waals surface area contributed by atoms with Gasteiger partial charge in [0, 0.05) is 11.3 Å². The van der Waals surface area contributed by atoms with Crippen molar-refractivity contribution >= 4 is 11.5 Å². The molecule has 0 amide bonds. The molecule has 0 aliphatic rings. The zero-order chi connectivity index (χ0) is 15.7. The average Bonchev–Trinajstić information content (AvgIpc) is 2.94.